The molecule has 0 spiro atoms. The Kier molecular flexibility index (Phi) is 4.92. The van der Waals surface area contributed by atoms with E-state index in [1.807, 2.05) is 6.92 Å². The van der Waals surface area contributed by atoms with Crippen molar-refractivity contribution in [2.75, 3.05) is 16.6 Å². The number of aromatic nitrogens is 1. The lowest BCUT2D eigenvalue weighted by molar-refractivity contribution is 0.601. The molecule has 2 aromatic rings. The molecule has 0 bridgehead atoms. The first-order valence-electron chi connectivity index (χ1n) is 6.10. The first-order chi connectivity index (χ1) is 9.92. The zero-order valence-electron chi connectivity index (χ0n) is 11.1. The monoisotopic (exact) mass is 345 g/mol. The first kappa shape index (κ1) is 15.9. The molecule has 2 rings (SSSR count). The van der Waals surface area contributed by atoms with E-state index in [4.69, 9.17) is 23.2 Å². The number of hydrogen-bond acceptors (Lipinski definition) is 4. The van der Waals surface area contributed by atoms with Gasteiger partial charge in [0.2, 0.25) is 0 Å². The van der Waals surface area contributed by atoms with Crippen molar-refractivity contribution in [3.05, 3.63) is 46.6 Å². The summed E-state index contributed by atoms with van der Waals surface area (Å²) < 4.78 is 26.9. The molecule has 0 aliphatic rings. The van der Waals surface area contributed by atoms with Crippen molar-refractivity contribution < 1.29 is 8.42 Å². The smallest absolute Gasteiger partial charge is 0.263 e. The van der Waals surface area contributed by atoms with Gasteiger partial charge in [-0.15, -0.1) is 0 Å². The van der Waals surface area contributed by atoms with Crippen LogP contribution in [0.25, 0.3) is 0 Å². The minimum Gasteiger partial charge on any atom is -0.370 e. The van der Waals surface area contributed by atoms with Crippen LogP contribution in [0.1, 0.15) is 6.92 Å². The highest BCUT2D eigenvalue weighted by Gasteiger charge is 2.15. The van der Waals surface area contributed by atoms with Crippen LogP contribution in [-0.4, -0.2) is 19.9 Å². The highest BCUT2D eigenvalue weighted by Crippen LogP contribution is 2.26. The summed E-state index contributed by atoms with van der Waals surface area (Å²) >= 11 is 11.6. The van der Waals surface area contributed by atoms with Crippen molar-refractivity contribution >= 4 is 44.7 Å². The van der Waals surface area contributed by atoms with Gasteiger partial charge in [-0.1, -0.05) is 23.2 Å². The molecule has 0 saturated carbocycles. The predicted octanol–water partition coefficient (Wildman–Crippen LogP) is 3.62. The largest absolute Gasteiger partial charge is 0.370 e. The number of nitrogens with one attached hydrogen (secondary N) is 2. The molecule has 5 nitrogen and oxygen atoms in total. The number of sulfonamides is 1. The van der Waals surface area contributed by atoms with Gasteiger partial charge in [0.05, 0.1) is 15.7 Å². The Morgan fingerprint density at radius 2 is 1.90 bits per heavy atom. The quantitative estimate of drug-likeness (QED) is 0.867. The zero-order chi connectivity index (χ0) is 15.5. The second-order valence-corrected chi connectivity index (χ2v) is 6.64. The summed E-state index contributed by atoms with van der Waals surface area (Å²) in [5.74, 6) is 0.617. The Labute approximate surface area is 133 Å². The van der Waals surface area contributed by atoms with E-state index in [9.17, 15) is 8.42 Å². The van der Waals surface area contributed by atoms with Gasteiger partial charge in [0, 0.05) is 12.7 Å². The molecule has 1 aromatic heterocycles. The highest BCUT2D eigenvalue weighted by atomic mass is 35.5. The summed E-state index contributed by atoms with van der Waals surface area (Å²) in [6.45, 7) is 2.64. The van der Waals surface area contributed by atoms with E-state index in [0.717, 1.165) is 0 Å². The number of pyridine rings is 1. The van der Waals surface area contributed by atoms with Crippen LogP contribution in [0, 0.1) is 0 Å². The molecule has 0 radical (unpaired) electrons. The van der Waals surface area contributed by atoms with Gasteiger partial charge in [0.1, 0.15) is 10.7 Å². The van der Waals surface area contributed by atoms with E-state index in [-0.39, 0.29) is 9.92 Å². The SMILES string of the molecule is CCNc1ccc(S(=O)(=O)Nc2ccc(Cl)c(Cl)c2)cn1. The maximum Gasteiger partial charge on any atom is 0.263 e. The van der Waals surface area contributed by atoms with Gasteiger partial charge in [-0.05, 0) is 37.3 Å². The molecule has 1 heterocycles. The van der Waals surface area contributed by atoms with Crippen molar-refractivity contribution in [3.8, 4) is 0 Å². The molecule has 8 heteroatoms. The molecule has 0 saturated heterocycles. The van der Waals surface area contributed by atoms with Gasteiger partial charge in [0.15, 0.2) is 0 Å². The van der Waals surface area contributed by atoms with E-state index in [1.54, 1.807) is 6.07 Å². The van der Waals surface area contributed by atoms with Gasteiger partial charge in [0.25, 0.3) is 10.0 Å². The Bertz CT molecular complexity index is 734. The Morgan fingerprint density at radius 1 is 1.14 bits per heavy atom. The number of nitrogens with zero attached hydrogens (tertiary/aromatic N) is 1. The summed E-state index contributed by atoms with van der Waals surface area (Å²) in [6.07, 6.45) is 1.29. The third-order valence-corrected chi connectivity index (χ3v) is 4.68. The summed E-state index contributed by atoms with van der Waals surface area (Å²) in [4.78, 5) is 4.10. The molecule has 0 fully saturated rings. The molecule has 2 N–H and O–H groups in total. The van der Waals surface area contributed by atoms with Crippen molar-refractivity contribution in [3.63, 3.8) is 0 Å². The van der Waals surface area contributed by atoms with Crippen LogP contribution in [0.15, 0.2) is 41.4 Å². The number of benzene rings is 1. The van der Waals surface area contributed by atoms with Crippen LogP contribution >= 0.6 is 23.2 Å². The molecule has 0 aliphatic carbocycles. The summed E-state index contributed by atoms with van der Waals surface area (Å²) in [6, 6.07) is 7.58. The third-order valence-electron chi connectivity index (χ3n) is 2.58. The molecular formula is C13H13Cl2N3O2S. The van der Waals surface area contributed by atoms with Crippen molar-refractivity contribution in [1.82, 2.24) is 4.98 Å². The molecule has 1 aromatic carbocycles. The summed E-state index contributed by atoms with van der Waals surface area (Å²) in [5.41, 5.74) is 0.333. The molecule has 21 heavy (non-hydrogen) atoms. The van der Waals surface area contributed by atoms with Crippen molar-refractivity contribution in [2.45, 2.75) is 11.8 Å². The Hall–Kier alpha value is -1.50. The van der Waals surface area contributed by atoms with Crippen LogP contribution in [0.4, 0.5) is 11.5 Å². The summed E-state index contributed by atoms with van der Waals surface area (Å²) in [7, 11) is -3.72. The lowest BCUT2D eigenvalue weighted by atomic mass is 10.3. The van der Waals surface area contributed by atoms with E-state index in [1.165, 1.54) is 30.5 Å². The minimum atomic E-state index is -3.72. The van der Waals surface area contributed by atoms with E-state index in [0.29, 0.717) is 23.1 Å². The fourth-order valence-corrected chi connectivity index (χ4v) is 2.89. The number of anilines is 2. The fourth-order valence-electron chi connectivity index (χ4n) is 1.60. The Balaban J connectivity index is 2.23. The zero-order valence-corrected chi connectivity index (χ0v) is 13.4. The topological polar surface area (TPSA) is 71.1 Å². The summed E-state index contributed by atoms with van der Waals surface area (Å²) in [5, 5.41) is 3.62. The second kappa shape index (κ2) is 6.51. The van der Waals surface area contributed by atoms with E-state index in [2.05, 4.69) is 15.0 Å². The van der Waals surface area contributed by atoms with Gasteiger partial charge in [-0.25, -0.2) is 13.4 Å². The lowest BCUT2D eigenvalue weighted by Crippen LogP contribution is -2.13. The highest BCUT2D eigenvalue weighted by molar-refractivity contribution is 7.92. The van der Waals surface area contributed by atoms with Gasteiger partial charge in [-0.2, -0.15) is 0 Å². The minimum absolute atomic E-state index is 0.0650. The Morgan fingerprint density at radius 3 is 2.48 bits per heavy atom. The number of rotatable bonds is 5. The standard InChI is InChI=1S/C13H13Cl2N3O2S/c1-2-16-13-6-4-10(8-17-13)21(19,20)18-9-3-5-11(14)12(15)7-9/h3-8,18H,2H2,1H3,(H,16,17). The van der Waals surface area contributed by atoms with Crippen LogP contribution in [0.2, 0.25) is 10.0 Å². The van der Waals surface area contributed by atoms with Gasteiger partial charge in [-0.3, -0.25) is 4.72 Å². The number of hydrogen-bond donors (Lipinski definition) is 2. The van der Waals surface area contributed by atoms with E-state index >= 15 is 0 Å². The third kappa shape index (κ3) is 4.00. The van der Waals surface area contributed by atoms with Gasteiger partial charge >= 0.3 is 0 Å². The number of halogens is 2. The van der Waals surface area contributed by atoms with Crippen molar-refractivity contribution in [1.29, 1.82) is 0 Å². The van der Waals surface area contributed by atoms with Crippen LogP contribution in [0.3, 0.4) is 0 Å². The van der Waals surface area contributed by atoms with E-state index < -0.39 is 10.0 Å². The predicted molar refractivity (Wildman–Crippen MR) is 85.7 cm³/mol. The molecule has 112 valence electrons. The fraction of sp³-hybridized carbons (Fsp3) is 0.154. The molecule has 0 atom stereocenters. The van der Waals surface area contributed by atoms with Crippen LogP contribution in [-0.2, 0) is 10.0 Å². The normalized spacial score (nSPS) is 11.2. The lowest BCUT2D eigenvalue weighted by Gasteiger charge is -2.09. The molecular weight excluding hydrogens is 333 g/mol. The maximum absolute atomic E-state index is 12.2. The maximum atomic E-state index is 12.2. The average molecular weight is 346 g/mol. The van der Waals surface area contributed by atoms with Crippen LogP contribution in [0.5, 0.6) is 0 Å². The molecule has 0 amide bonds. The van der Waals surface area contributed by atoms with Crippen LogP contribution < -0.4 is 10.0 Å². The molecule has 0 aliphatic heterocycles. The first-order valence-corrected chi connectivity index (χ1v) is 8.34. The second-order valence-electron chi connectivity index (χ2n) is 4.14. The van der Waals surface area contributed by atoms with Crippen molar-refractivity contribution in [2.24, 2.45) is 0 Å². The average Bonchev–Trinajstić information content (AvgIpc) is 2.44. The molecule has 0 unspecified atom stereocenters. The van der Waals surface area contributed by atoms with Gasteiger partial charge < -0.3 is 5.32 Å².